The van der Waals surface area contributed by atoms with Crippen molar-refractivity contribution in [1.29, 1.82) is 0 Å². The van der Waals surface area contributed by atoms with Gasteiger partial charge in [-0.05, 0) is 73.4 Å². The van der Waals surface area contributed by atoms with Crippen LogP contribution in [0.4, 0.5) is 5.69 Å². The summed E-state index contributed by atoms with van der Waals surface area (Å²) in [5.41, 5.74) is 5.08. The number of hydrogen-bond acceptors (Lipinski definition) is 2. The molecule has 3 nitrogen and oxygen atoms in total. The van der Waals surface area contributed by atoms with E-state index in [1.165, 1.54) is 42.6 Å². The van der Waals surface area contributed by atoms with Crippen molar-refractivity contribution in [2.24, 2.45) is 0 Å². The molecule has 25 heavy (non-hydrogen) atoms. The van der Waals surface area contributed by atoms with Crippen LogP contribution in [0.5, 0.6) is 0 Å². The number of aryl methyl sites for hydroxylation is 1. The lowest BCUT2D eigenvalue weighted by molar-refractivity contribution is 0.330. The number of benzene rings is 2. The average molecular weight is 354 g/mol. The summed E-state index contributed by atoms with van der Waals surface area (Å²) < 4.78 is 0. The predicted molar refractivity (Wildman–Crippen MR) is 110 cm³/mol. The number of thiocarbonyl (C=S) groups is 1. The van der Waals surface area contributed by atoms with E-state index in [1.54, 1.807) is 0 Å². The Labute approximate surface area is 156 Å². The third kappa shape index (κ3) is 5.28. The first-order valence-electron chi connectivity index (χ1n) is 9.17. The molecule has 1 fully saturated rings. The molecule has 4 heteroatoms. The fourth-order valence-electron chi connectivity index (χ4n) is 3.24. The molecule has 1 saturated heterocycles. The first-order valence-corrected chi connectivity index (χ1v) is 9.58. The van der Waals surface area contributed by atoms with Crippen LogP contribution in [-0.2, 0) is 19.5 Å². The molecule has 1 aliphatic rings. The average Bonchev–Trinajstić information content (AvgIpc) is 3.15. The van der Waals surface area contributed by atoms with Crippen LogP contribution in [0.1, 0.15) is 36.5 Å². The molecule has 0 spiro atoms. The maximum Gasteiger partial charge on any atom is 0.171 e. The van der Waals surface area contributed by atoms with Crippen LogP contribution in [0, 0.1) is 0 Å². The molecular weight excluding hydrogens is 326 g/mol. The molecule has 2 aromatic carbocycles. The molecule has 2 aromatic rings. The van der Waals surface area contributed by atoms with Gasteiger partial charge in [-0.3, -0.25) is 4.90 Å². The molecule has 1 aliphatic heterocycles. The van der Waals surface area contributed by atoms with Crippen molar-refractivity contribution < 1.29 is 0 Å². The maximum atomic E-state index is 5.45. The van der Waals surface area contributed by atoms with E-state index in [2.05, 4.69) is 71.0 Å². The van der Waals surface area contributed by atoms with Crippen molar-refractivity contribution in [3.8, 4) is 0 Å². The van der Waals surface area contributed by atoms with E-state index in [9.17, 15) is 0 Å². The summed E-state index contributed by atoms with van der Waals surface area (Å²) >= 11 is 5.45. The highest BCUT2D eigenvalue weighted by atomic mass is 32.1. The molecule has 0 aliphatic carbocycles. The number of anilines is 1. The van der Waals surface area contributed by atoms with Crippen molar-refractivity contribution in [3.63, 3.8) is 0 Å². The van der Waals surface area contributed by atoms with Gasteiger partial charge in [0, 0.05) is 18.8 Å². The molecule has 0 atom stereocenters. The molecule has 0 bridgehead atoms. The Morgan fingerprint density at radius 3 is 2.36 bits per heavy atom. The predicted octanol–water partition coefficient (Wildman–Crippen LogP) is 4.33. The van der Waals surface area contributed by atoms with Crippen LogP contribution in [0.2, 0.25) is 0 Å². The van der Waals surface area contributed by atoms with Crippen molar-refractivity contribution in [2.45, 2.75) is 39.3 Å². The van der Waals surface area contributed by atoms with Gasteiger partial charge in [0.1, 0.15) is 0 Å². The molecule has 1 heterocycles. The van der Waals surface area contributed by atoms with E-state index in [-0.39, 0.29) is 0 Å². The fourth-order valence-corrected chi connectivity index (χ4v) is 3.43. The Kier molecular flexibility index (Phi) is 6.42. The van der Waals surface area contributed by atoms with Gasteiger partial charge in [0.25, 0.3) is 0 Å². The Bertz CT molecular complexity index is 691. The SMILES string of the molecule is CCc1ccc(NC(=S)NCc2ccccc2CN2CCCC2)cc1. The van der Waals surface area contributed by atoms with Crippen LogP contribution >= 0.6 is 12.2 Å². The first-order chi connectivity index (χ1) is 12.2. The second kappa shape index (κ2) is 8.97. The molecule has 0 amide bonds. The second-order valence-corrected chi connectivity index (χ2v) is 7.02. The zero-order valence-electron chi connectivity index (χ0n) is 14.9. The number of nitrogens with one attached hydrogen (secondary N) is 2. The van der Waals surface area contributed by atoms with Gasteiger partial charge in [0.15, 0.2) is 5.11 Å². The highest BCUT2D eigenvalue weighted by molar-refractivity contribution is 7.80. The van der Waals surface area contributed by atoms with Crippen LogP contribution in [0.3, 0.4) is 0 Å². The highest BCUT2D eigenvalue weighted by Gasteiger charge is 2.13. The Morgan fingerprint density at radius 1 is 1.00 bits per heavy atom. The van der Waals surface area contributed by atoms with Gasteiger partial charge in [-0.1, -0.05) is 43.3 Å². The number of hydrogen-bond donors (Lipinski definition) is 2. The van der Waals surface area contributed by atoms with Crippen molar-refractivity contribution in [2.75, 3.05) is 18.4 Å². The van der Waals surface area contributed by atoms with Crippen LogP contribution in [-0.4, -0.2) is 23.1 Å². The molecule has 2 N–H and O–H groups in total. The molecule has 0 radical (unpaired) electrons. The third-order valence-electron chi connectivity index (χ3n) is 4.77. The zero-order chi connectivity index (χ0) is 17.5. The summed E-state index contributed by atoms with van der Waals surface area (Å²) in [6.45, 7) is 6.39. The summed E-state index contributed by atoms with van der Waals surface area (Å²) in [7, 11) is 0. The lowest BCUT2D eigenvalue weighted by Gasteiger charge is -2.18. The summed E-state index contributed by atoms with van der Waals surface area (Å²) in [6.07, 6.45) is 3.70. The summed E-state index contributed by atoms with van der Waals surface area (Å²) in [5, 5.41) is 7.28. The van der Waals surface area contributed by atoms with Gasteiger partial charge < -0.3 is 10.6 Å². The van der Waals surface area contributed by atoms with E-state index >= 15 is 0 Å². The topological polar surface area (TPSA) is 27.3 Å². The summed E-state index contributed by atoms with van der Waals surface area (Å²) in [4.78, 5) is 2.53. The Hall–Kier alpha value is -1.91. The van der Waals surface area contributed by atoms with Gasteiger partial charge in [0.05, 0.1) is 0 Å². The summed E-state index contributed by atoms with van der Waals surface area (Å²) in [6, 6.07) is 17.1. The van der Waals surface area contributed by atoms with E-state index < -0.39 is 0 Å². The van der Waals surface area contributed by atoms with Gasteiger partial charge in [-0.25, -0.2) is 0 Å². The quantitative estimate of drug-likeness (QED) is 0.756. The van der Waals surface area contributed by atoms with Gasteiger partial charge in [-0.15, -0.1) is 0 Å². The van der Waals surface area contributed by atoms with E-state index in [0.29, 0.717) is 5.11 Å². The lowest BCUT2D eigenvalue weighted by Crippen LogP contribution is -2.28. The van der Waals surface area contributed by atoms with E-state index in [0.717, 1.165) is 25.2 Å². The molecular formula is C21H27N3S. The molecule has 132 valence electrons. The molecule has 0 unspecified atom stereocenters. The van der Waals surface area contributed by atoms with Crippen molar-refractivity contribution in [1.82, 2.24) is 10.2 Å². The Morgan fingerprint density at radius 2 is 1.68 bits per heavy atom. The minimum atomic E-state index is 0.667. The lowest BCUT2D eigenvalue weighted by atomic mass is 10.1. The van der Waals surface area contributed by atoms with E-state index in [1.807, 2.05) is 0 Å². The minimum absolute atomic E-state index is 0.667. The monoisotopic (exact) mass is 353 g/mol. The first kappa shape index (κ1) is 17.9. The van der Waals surface area contributed by atoms with Gasteiger partial charge in [-0.2, -0.15) is 0 Å². The van der Waals surface area contributed by atoms with Crippen molar-refractivity contribution >= 4 is 23.0 Å². The Balaban J connectivity index is 1.54. The number of nitrogens with zero attached hydrogens (tertiary/aromatic N) is 1. The second-order valence-electron chi connectivity index (χ2n) is 6.61. The third-order valence-corrected chi connectivity index (χ3v) is 5.02. The van der Waals surface area contributed by atoms with Crippen LogP contribution in [0.25, 0.3) is 0 Å². The van der Waals surface area contributed by atoms with E-state index in [4.69, 9.17) is 12.2 Å². The molecule has 3 rings (SSSR count). The van der Waals surface area contributed by atoms with Gasteiger partial charge >= 0.3 is 0 Å². The van der Waals surface area contributed by atoms with Gasteiger partial charge in [0.2, 0.25) is 0 Å². The molecule has 0 saturated carbocycles. The normalized spacial score (nSPS) is 14.4. The number of likely N-dealkylation sites (tertiary alicyclic amines) is 1. The van der Waals surface area contributed by atoms with Crippen LogP contribution in [0.15, 0.2) is 48.5 Å². The zero-order valence-corrected chi connectivity index (χ0v) is 15.7. The fraction of sp³-hybridized carbons (Fsp3) is 0.381. The smallest absolute Gasteiger partial charge is 0.171 e. The standard InChI is InChI=1S/C21H27N3S/c1-2-17-9-11-20(12-10-17)23-21(25)22-15-18-7-3-4-8-19(18)16-24-13-5-6-14-24/h3-4,7-12H,2,5-6,13-16H2,1H3,(H2,22,23,25). The minimum Gasteiger partial charge on any atom is -0.358 e. The summed E-state index contributed by atoms with van der Waals surface area (Å²) in [5.74, 6) is 0. The number of rotatable bonds is 6. The van der Waals surface area contributed by atoms with Crippen molar-refractivity contribution in [3.05, 3.63) is 65.2 Å². The van der Waals surface area contributed by atoms with Crippen LogP contribution < -0.4 is 10.6 Å². The highest BCUT2D eigenvalue weighted by Crippen LogP contribution is 2.16. The largest absolute Gasteiger partial charge is 0.358 e. The maximum absolute atomic E-state index is 5.45. The molecule has 0 aromatic heterocycles.